The highest BCUT2D eigenvalue weighted by atomic mass is 35.5. The number of thiazole rings is 1. The first-order valence-corrected chi connectivity index (χ1v) is 12.2. The van der Waals surface area contributed by atoms with Crippen molar-refractivity contribution in [2.45, 2.75) is 34.7 Å². The first kappa shape index (κ1) is 22.1. The number of aromatic nitrogens is 1. The summed E-state index contributed by atoms with van der Waals surface area (Å²) in [5, 5.41) is 0.837. The van der Waals surface area contributed by atoms with Crippen molar-refractivity contribution >= 4 is 32.8 Å². The summed E-state index contributed by atoms with van der Waals surface area (Å²) in [4.78, 5) is 4.71. The van der Waals surface area contributed by atoms with Crippen molar-refractivity contribution in [1.82, 2.24) is 9.88 Å². The van der Waals surface area contributed by atoms with Crippen LogP contribution in [0, 0.1) is 11.6 Å². The molecule has 0 aliphatic carbocycles. The van der Waals surface area contributed by atoms with Gasteiger partial charge in [-0.05, 0) is 12.5 Å². The summed E-state index contributed by atoms with van der Waals surface area (Å²) < 4.78 is 60.3. The molecule has 0 bridgehead atoms. The molecule has 0 saturated carbocycles. The van der Waals surface area contributed by atoms with E-state index in [9.17, 15) is 17.2 Å². The van der Waals surface area contributed by atoms with Gasteiger partial charge in [-0.3, -0.25) is 4.90 Å². The van der Waals surface area contributed by atoms with Crippen molar-refractivity contribution in [1.29, 1.82) is 0 Å². The monoisotopic (exact) mass is 484 g/mol. The molecule has 2 heterocycles. The van der Waals surface area contributed by atoms with E-state index in [1.165, 1.54) is 11.6 Å². The van der Waals surface area contributed by atoms with Gasteiger partial charge in [0.05, 0.1) is 0 Å². The molecule has 0 radical (unpaired) electrons. The van der Waals surface area contributed by atoms with Crippen molar-refractivity contribution in [2.75, 3.05) is 13.1 Å². The molecule has 0 amide bonds. The Kier molecular flexibility index (Phi) is 6.04. The van der Waals surface area contributed by atoms with Crippen LogP contribution in [0.5, 0.6) is 5.75 Å². The lowest BCUT2D eigenvalue weighted by atomic mass is 10.1. The number of halogens is 3. The molecule has 0 N–H and O–H groups in total. The first-order valence-electron chi connectivity index (χ1n) is 9.47. The fraction of sp³-hybridized carbons (Fsp3) is 0.286. The predicted octanol–water partition coefficient (Wildman–Crippen LogP) is 4.95. The fourth-order valence-electron chi connectivity index (χ4n) is 3.66. The molecule has 1 aromatic heterocycles. The smallest absolute Gasteiger partial charge is 0.239 e. The van der Waals surface area contributed by atoms with Gasteiger partial charge in [0.15, 0.2) is 5.82 Å². The molecular formula is C21H19ClF2N2O3S2. The molecule has 2 aromatic carbocycles. The average molecular weight is 485 g/mol. The molecule has 164 valence electrons. The molecule has 5 nitrogen and oxygen atoms in total. The minimum absolute atomic E-state index is 0.223. The largest absolute Gasteiger partial charge is 0.484 e. The second-order valence-corrected chi connectivity index (χ2v) is 10.9. The van der Waals surface area contributed by atoms with Crippen LogP contribution in [-0.2, 0) is 16.4 Å². The second-order valence-electron chi connectivity index (χ2n) is 7.61. The Morgan fingerprint density at radius 2 is 2.03 bits per heavy atom. The Balaban J connectivity index is 1.57. The standard InChI is InChI=1S/C21H19ClF2N2O3S2/c1-21(7-9-26(13-21)12-14-5-3-2-4-6-14)29-16-11-15(23)19(18(24)17(16)22)31(27,28)20-25-8-10-30-20/h2-6,8,10-11H,7,9,12-13H2,1H3/t21-/m0/s1. The Morgan fingerprint density at radius 1 is 1.29 bits per heavy atom. The van der Waals surface area contributed by atoms with E-state index < -0.39 is 41.3 Å². The quantitative estimate of drug-likeness (QED) is 0.463. The van der Waals surface area contributed by atoms with Crippen LogP contribution in [0.3, 0.4) is 0 Å². The molecule has 1 aliphatic heterocycles. The lowest BCUT2D eigenvalue weighted by molar-refractivity contribution is 0.0941. The maximum absolute atomic E-state index is 14.9. The lowest BCUT2D eigenvalue weighted by Gasteiger charge is -2.27. The van der Waals surface area contributed by atoms with Crippen molar-refractivity contribution in [3.8, 4) is 5.75 Å². The van der Waals surface area contributed by atoms with Gasteiger partial charge in [0.25, 0.3) is 0 Å². The summed E-state index contributed by atoms with van der Waals surface area (Å²) in [5.41, 5.74) is 0.422. The zero-order valence-electron chi connectivity index (χ0n) is 16.5. The highest BCUT2D eigenvalue weighted by molar-refractivity contribution is 7.93. The summed E-state index contributed by atoms with van der Waals surface area (Å²) >= 11 is 6.85. The Morgan fingerprint density at radius 3 is 2.71 bits per heavy atom. The number of ether oxygens (including phenoxy) is 1. The van der Waals surface area contributed by atoms with E-state index in [2.05, 4.69) is 9.88 Å². The van der Waals surface area contributed by atoms with Crippen LogP contribution in [0.25, 0.3) is 0 Å². The lowest BCUT2D eigenvalue weighted by Crippen LogP contribution is -2.36. The number of rotatable bonds is 6. The van der Waals surface area contributed by atoms with Gasteiger partial charge < -0.3 is 4.74 Å². The number of nitrogens with zero attached hydrogens (tertiary/aromatic N) is 2. The van der Waals surface area contributed by atoms with E-state index in [1.807, 2.05) is 37.3 Å². The van der Waals surface area contributed by atoms with Gasteiger partial charge in [-0.2, -0.15) is 0 Å². The van der Waals surface area contributed by atoms with Gasteiger partial charge in [-0.15, -0.1) is 11.3 Å². The van der Waals surface area contributed by atoms with Crippen LogP contribution in [-0.4, -0.2) is 37.0 Å². The van der Waals surface area contributed by atoms with E-state index in [0.717, 1.165) is 36.1 Å². The zero-order chi connectivity index (χ0) is 22.2. The molecule has 10 heteroatoms. The highest BCUT2D eigenvalue weighted by Crippen LogP contribution is 2.39. The molecule has 0 spiro atoms. The third-order valence-electron chi connectivity index (χ3n) is 5.11. The van der Waals surface area contributed by atoms with Crippen molar-refractivity contribution in [2.24, 2.45) is 0 Å². The molecule has 1 fully saturated rings. The molecule has 1 saturated heterocycles. The van der Waals surface area contributed by atoms with E-state index in [1.54, 1.807) is 0 Å². The topological polar surface area (TPSA) is 59.5 Å². The van der Waals surface area contributed by atoms with Crippen LogP contribution in [0.4, 0.5) is 8.78 Å². The molecule has 4 rings (SSSR count). The van der Waals surface area contributed by atoms with Gasteiger partial charge in [0, 0.05) is 43.7 Å². The van der Waals surface area contributed by atoms with Gasteiger partial charge in [0.1, 0.15) is 27.1 Å². The highest BCUT2D eigenvalue weighted by Gasteiger charge is 2.38. The summed E-state index contributed by atoms with van der Waals surface area (Å²) in [6.45, 7) is 3.83. The van der Waals surface area contributed by atoms with Gasteiger partial charge in [0.2, 0.25) is 14.2 Å². The predicted molar refractivity (Wildman–Crippen MR) is 114 cm³/mol. The molecule has 3 aromatic rings. The fourth-order valence-corrected chi connectivity index (χ4v) is 6.21. The van der Waals surface area contributed by atoms with Crippen LogP contribution in [0.15, 0.2) is 57.2 Å². The van der Waals surface area contributed by atoms with E-state index >= 15 is 0 Å². The maximum atomic E-state index is 14.9. The van der Waals surface area contributed by atoms with Crippen LogP contribution in [0.1, 0.15) is 18.9 Å². The number of sulfone groups is 1. The SMILES string of the molecule is C[C@]1(Oc2cc(F)c(S(=O)(=O)c3nccs3)c(F)c2Cl)CCN(Cc2ccccc2)C1. The van der Waals surface area contributed by atoms with E-state index in [0.29, 0.717) is 13.0 Å². The second kappa shape index (κ2) is 8.46. The third kappa shape index (κ3) is 4.45. The van der Waals surface area contributed by atoms with Crippen molar-refractivity contribution in [3.05, 3.63) is 70.2 Å². The van der Waals surface area contributed by atoms with Crippen LogP contribution < -0.4 is 4.74 Å². The molecule has 1 atom stereocenters. The Bertz CT molecular complexity index is 1190. The molecule has 1 aliphatic rings. The first-order chi connectivity index (χ1) is 14.7. The van der Waals surface area contributed by atoms with Gasteiger partial charge >= 0.3 is 0 Å². The molecule has 31 heavy (non-hydrogen) atoms. The number of likely N-dealkylation sites (tertiary alicyclic amines) is 1. The number of benzene rings is 2. The third-order valence-corrected chi connectivity index (χ3v) is 8.45. The summed E-state index contributed by atoms with van der Waals surface area (Å²) in [5.74, 6) is -2.87. The minimum atomic E-state index is -4.47. The van der Waals surface area contributed by atoms with E-state index in [-0.39, 0.29) is 5.75 Å². The Labute approximate surface area is 188 Å². The van der Waals surface area contributed by atoms with Crippen molar-refractivity contribution in [3.63, 3.8) is 0 Å². The van der Waals surface area contributed by atoms with Gasteiger partial charge in [-0.1, -0.05) is 41.9 Å². The summed E-state index contributed by atoms with van der Waals surface area (Å²) in [7, 11) is -4.47. The normalized spacial score (nSPS) is 19.6. The van der Waals surface area contributed by atoms with Gasteiger partial charge in [-0.25, -0.2) is 22.2 Å². The Hall–Kier alpha value is -2.07. The molecular weight excluding hydrogens is 466 g/mol. The maximum Gasteiger partial charge on any atom is 0.239 e. The minimum Gasteiger partial charge on any atom is -0.484 e. The van der Waals surface area contributed by atoms with Crippen LogP contribution in [0.2, 0.25) is 5.02 Å². The van der Waals surface area contributed by atoms with Crippen LogP contribution >= 0.6 is 22.9 Å². The summed E-state index contributed by atoms with van der Waals surface area (Å²) in [6, 6.07) is 10.8. The summed E-state index contributed by atoms with van der Waals surface area (Å²) in [6.07, 6.45) is 1.87. The van der Waals surface area contributed by atoms with Crippen molar-refractivity contribution < 1.29 is 21.9 Å². The molecule has 0 unspecified atom stereocenters. The zero-order valence-corrected chi connectivity index (χ0v) is 18.9. The number of hydrogen-bond acceptors (Lipinski definition) is 6. The number of hydrogen-bond donors (Lipinski definition) is 0. The van der Waals surface area contributed by atoms with E-state index in [4.69, 9.17) is 16.3 Å². The average Bonchev–Trinajstić information content (AvgIpc) is 3.37.